The van der Waals surface area contributed by atoms with Gasteiger partial charge in [0.15, 0.2) is 0 Å². The Kier molecular flexibility index (Phi) is 5.90. The summed E-state index contributed by atoms with van der Waals surface area (Å²) in [6, 6.07) is 16.0. The third-order valence-corrected chi connectivity index (χ3v) is 4.48. The van der Waals surface area contributed by atoms with Crippen LogP contribution in [0.15, 0.2) is 48.5 Å². The predicted octanol–water partition coefficient (Wildman–Crippen LogP) is 3.63. The van der Waals surface area contributed by atoms with E-state index in [0.717, 1.165) is 35.5 Å². The van der Waals surface area contributed by atoms with E-state index < -0.39 is 0 Å². The second kappa shape index (κ2) is 8.53. The monoisotopic (exact) mass is 339 g/mol. The van der Waals surface area contributed by atoms with E-state index in [2.05, 4.69) is 16.0 Å². The molecule has 1 aliphatic rings. The Labute approximate surface area is 148 Å². The minimum atomic E-state index is -0.171. The van der Waals surface area contributed by atoms with Gasteiger partial charge in [-0.15, -0.1) is 0 Å². The average molecular weight is 339 g/mol. The maximum absolute atomic E-state index is 12.1. The molecule has 0 radical (unpaired) electrons. The molecule has 1 heterocycles. The first-order chi connectivity index (χ1) is 12.3. The standard InChI is InChI=1S/C20H25N3O2/c1-25-19-10-3-2-9-18(19)15-6-4-7-17(14-15)23-20(24)22-13-11-16-8-5-12-21-16/h2-4,6-7,9-10,14,16,21H,5,8,11-13H2,1H3,(H2,22,23,24)/t16-/m1/s1. The van der Waals surface area contributed by atoms with Crippen molar-refractivity contribution in [1.82, 2.24) is 10.6 Å². The third-order valence-electron chi connectivity index (χ3n) is 4.48. The number of hydrogen-bond acceptors (Lipinski definition) is 3. The summed E-state index contributed by atoms with van der Waals surface area (Å²) in [5.74, 6) is 0.813. The quantitative estimate of drug-likeness (QED) is 0.753. The van der Waals surface area contributed by atoms with Crippen LogP contribution in [-0.4, -0.2) is 32.3 Å². The van der Waals surface area contributed by atoms with E-state index in [1.807, 2.05) is 48.5 Å². The van der Waals surface area contributed by atoms with Gasteiger partial charge in [-0.25, -0.2) is 4.79 Å². The number of carbonyl (C=O) groups excluding carboxylic acids is 1. The summed E-state index contributed by atoms with van der Waals surface area (Å²) in [6.07, 6.45) is 3.39. The zero-order valence-corrected chi connectivity index (χ0v) is 14.5. The number of urea groups is 1. The number of amides is 2. The van der Waals surface area contributed by atoms with Gasteiger partial charge in [-0.05, 0) is 49.6 Å². The van der Waals surface area contributed by atoms with Crippen molar-refractivity contribution in [2.24, 2.45) is 0 Å². The first-order valence-electron chi connectivity index (χ1n) is 8.78. The van der Waals surface area contributed by atoms with E-state index in [0.29, 0.717) is 12.6 Å². The number of ether oxygens (including phenoxy) is 1. The second-order valence-corrected chi connectivity index (χ2v) is 6.24. The molecule has 0 spiro atoms. The molecule has 3 rings (SSSR count). The Bertz CT molecular complexity index is 712. The van der Waals surface area contributed by atoms with Gasteiger partial charge >= 0.3 is 6.03 Å². The van der Waals surface area contributed by atoms with Gasteiger partial charge in [0, 0.05) is 23.8 Å². The molecule has 1 fully saturated rings. The van der Waals surface area contributed by atoms with Crippen LogP contribution in [0.3, 0.4) is 0 Å². The summed E-state index contributed by atoms with van der Waals surface area (Å²) in [5, 5.41) is 9.26. The molecule has 0 saturated carbocycles. The van der Waals surface area contributed by atoms with Crippen LogP contribution in [0, 0.1) is 0 Å². The van der Waals surface area contributed by atoms with Gasteiger partial charge in [-0.2, -0.15) is 0 Å². The molecule has 2 aromatic carbocycles. The summed E-state index contributed by atoms with van der Waals surface area (Å²) in [6.45, 7) is 1.77. The Morgan fingerprint density at radius 1 is 1.24 bits per heavy atom. The third kappa shape index (κ3) is 4.73. The highest BCUT2D eigenvalue weighted by atomic mass is 16.5. The molecule has 0 aromatic heterocycles. The summed E-state index contributed by atoms with van der Waals surface area (Å²) < 4.78 is 5.42. The molecule has 5 heteroatoms. The lowest BCUT2D eigenvalue weighted by molar-refractivity contribution is 0.251. The molecule has 0 aliphatic carbocycles. The Morgan fingerprint density at radius 3 is 2.92 bits per heavy atom. The molecule has 25 heavy (non-hydrogen) atoms. The molecule has 0 unspecified atom stereocenters. The van der Waals surface area contributed by atoms with Crippen molar-refractivity contribution in [3.63, 3.8) is 0 Å². The minimum absolute atomic E-state index is 0.171. The normalized spacial score (nSPS) is 16.4. The van der Waals surface area contributed by atoms with Crippen molar-refractivity contribution in [3.8, 4) is 16.9 Å². The molecule has 1 saturated heterocycles. The lowest BCUT2D eigenvalue weighted by Crippen LogP contribution is -2.33. The first-order valence-corrected chi connectivity index (χ1v) is 8.78. The molecular formula is C20H25N3O2. The van der Waals surface area contributed by atoms with Crippen molar-refractivity contribution < 1.29 is 9.53 Å². The maximum Gasteiger partial charge on any atom is 0.319 e. The molecular weight excluding hydrogens is 314 g/mol. The Morgan fingerprint density at radius 2 is 2.12 bits per heavy atom. The van der Waals surface area contributed by atoms with Gasteiger partial charge in [0.25, 0.3) is 0 Å². The number of methoxy groups -OCH3 is 1. The van der Waals surface area contributed by atoms with Gasteiger partial charge in [0.2, 0.25) is 0 Å². The van der Waals surface area contributed by atoms with Crippen LogP contribution < -0.4 is 20.7 Å². The smallest absolute Gasteiger partial charge is 0.319 e. The number of benzene rings is 2. The lowest BCUT2D eigenvalue weighted by atomic mass is 10.0. The van der Waals surface area contributed by atoms with E-state index in [9.17, 15) is 4.79 Å². The fraction of sp³-hybridized carbons (Fsp3) is 0.350. The molecule has 0 bridgehead atoms. The molecule has 2 aromatic rings. The van der Waals surface area contributed by atoms with Gasteiger partial charge in [0.1, 0.15) is 5.75 Å². The van der Waals surface area contributed by atoms with E-state index in [1.54, 1.807) is 7.11 Å². The highest BCUT2D eigenvalue weighted by Gasteiger charge is 2.13. The first kappa shape index (κ1) is 17.3. The highest BCUT2D eigenvalue weighted by Crippen LogP contribution is 2.30. The highest BCUT2D eigenvalue weighted by molar-refractivity contribution is 5.90. The molecule has 1 aliphatic heterocycles. The van der Waals surface area contributed by atoms with Gasteiger partial charge in [-0.1, -0.05) is 30.3 Å². The summed E-state index contributed by atoms with van der Waals surface area (Å²) in [4.78, 5) is 12.1. The van der Waals surface area contributed by atoms with Crippen LogP contribution in [0.4, 0.5) is 10.5 Å². The fourth-order valence-electron chi connectivity index (χ4n) is 3.19. The second-order valence-electron chi connectivity index (χ2n) is 6.24. The lowest BCUT2D eigenvalue weighted by Gasteiger charge is -2.13. The van der Waals surface area contributed by atoms with E-state index >= 15 is 0 Å². The van der Waals surface area contributed by atoms with Crippen LogP contribution in [0.5, 0.6) is 5.75 Å². The number of anilines is 1. The van der Waals surface area contributed by atoms with Crippen molar-refractivity contribution in [3.05, 3.63) is 48.5 Å². The number of carbonyl (C=O) groups is 1. The summed E-state index contributed by atoms with van der Waals surface area (Å²) in [5.41, 5.74) is 2.77. The number of hydrogen-bond donors (Lipinski definition) is 3. The molecule has 5 nitrogen and oxygen atoms in total. The number of rotatable bonds is 6. The van der Waals surface area contributed by atoms with Crippen molar-refractivity contribution in [2.45, 2.75) is 25.3 Å². The number of nitrogens with one attached hydrogen (secondary N) is 3. The van der Waals surface area contributed by atoms with Crippen LogP contribution in [0.1, 0.15) is 19.3 Å². The molecule has 132 valence electrons. The minimum Gasteiger partial charge on any atom is -0.496 e. The van der Waals surface area contributed by atoms with Gasteiger partial charge < -0.3 is 20.7 Å². The Balaban J connectivity index is 1.58. The number of para-hydroxylation sites is 1. The van der Waals surface area contributed by atoms with Crippen molar-refractivity contribution in [1.29, 1.82) is 0 Å². The fourth-order valence-corrected chi connectivity index (χ4v) is 3.19. The SMILES string of the molecule is COc1ccccc1-c1cccc(NC(=O)NCC[C@H]2CCCN2)c1. The van der Waals surface area contributed by atoms with Crippen LogP contribution in [0.25, 0.3) is 11.1 Å². The topological polar surface area (TPSA) is 62.4 Å². The molecule has 3 N–H and O–H groups in total. The van der Waals surface area contributed by atoms with Crippen LogP contribution >= 0.6 is 0 Å². The van der Waals surface area contributed by atoms with E-state index in [4.69, 9.17) is 4.74 Å². The zero-order chi connectivity index (χ0) is 17.5. The largest absolute Gasteiger partial charge is 0.496 e. The zero-order valence-electron chi connectivity index (χ0n) is 14.5. The van der Waals surface area contributed by atoms with E-state index in [1.165, 1.54) is 12.8 Å². The van der Waals surface area contributed by atoms with Crippen LogP contribution in [-0.2, 0) is 0 Å². The predicted molar refractivity (Wildman–Crippen MR) is 101 cm³/mol. The van der Waals surface area contributed by atoms with E-state index in [-0.39, 0.29) is 6.03 Å². The van der Waals surface area contributed by atoms with Crippen molar-refractivity contribution in [2.75, 3.05) is 25.5 Å². The molecule has 1 atom stereocenters. The Hall–Kier alpha value is -2.53. The summed E-state index contributed by atoms with van der Waals surface area (Å²) in [7, 11) is 1.66. The summed E-state index contributed by atoms with van der Waals surface area (Å²) >= 11 is 0. The van der Waals surface area contributed by atoms with Gasteiger partial charge in [0.05, 0.1) is 7.11 Å². The van der Waals surface area contributed by atoms with Crippen LogP contribution in [0.2, 0.25) is 0 Å². The maximum atomic E-state index is 12.1. The average Bonchev–Trinajstić information content (AvgIpc) is 3.15. The molecule has 2 amide bonds. The van der Waals surface area contributed by atoms with Gasteiger partial charge in [-0.3, -0.25) is 0 Å². The van der Waals surface area contributed by atoms with Crippen molar-refractivity contribution >= 4 is 11.7 Å².